The zero-order valence-corrected chi connectivity index (χ0v) is 7.00. The Morgan fingerprint density at radius 1 is 1.77 bits per heavy atom. The van der Waals surface area contributed by atoms with Crippen LogP contribution in [0.5, 0.6) is 0 Å². The molecule has 6 nitrogen and oxygen atoms in total. The van der Waals surface area contributed by atoms with Crippen molar-refractivity contribution in [1.29, 1.82) is 0 Å². The zero-order valence-electron chi connectivity index (χ0n) is 7.00. The van der Waals surface area contributed by atoms with E-state index < -0.39 is 5.88 Å². The van der Waals surface area contributed by atoms with Crippen LogP contribution in [0.25, 0.3) is 0 Å². The van der Waals surface area contributed by atoms with Crippen molar-refractivity contribution in [2.24, 2.45) is 10.7 Å². The number of hydrogen-bond acceptors (Lipinski definition) is 6. The first-order valence-electron chi connectivity index (χ1n) is 3.61. The first-order chi connectivity index (χ1) is 6.19. The number of nitrogens with two attached hydrogens (primary N) is 1. The molecule has 0 radical (unpaired) electrons. The Balaban J connectivity index is 3.07. The lowest BCUT2D eigenvalue weighted by molar-refractivity contribution is 0.209. The van der Waals surface area contributed by atoms with Crippen molar-refractivity contribution in [2.45, 2.75) is 6.92 Å². The molecular formula is C7H9N3O3. The van der Waals surface area contributed by atoms with Crippen molar-refractivity contribution < 1.29 is 14.6 Å². The molecule has 0 aromatic carbocycles. The van der Waals surface area contributed by atoms with E-state index in [1.54, 1.807) is 12.9 Å². The van der Waals surface area contributed by atoms with Gasteiger partial charge in [-0.05, 0) is 6.92 Å². The van der Waals surface area contributed by atoms with Gasteiger partial charge in [0.15, 0.2) is 11.6 Å². The first-order valence-corrected chi connectivity index (χ1v) is 3.61. The average Bonchev–Trinajstić information content (AvgIpc) is 2.09. The van der Waals surface area contributed by atoms with Crippen LogP contribution in [0.3, 0.4) is 0 Å². The van der Waals surface area contributed by atoms with E-state index in [0.29, 0.717) is 6.61 Å². The number of rotatable bonds is 2. The Morgan fingerprint density at radius 3 is 3.00 bits per heavy atom. The van der Waals surface area contributed by atoms with Crippen LogP contribution in [-0.2, 0) is 9.53 Å². The number of nitrogens with one attached hydrogen (secondary N) is 1. The monoisotopic (exact) mass is 183 g/mol. The molecule has 13 heavy (non-hydrogen) atoms. The lowest BCUT2D eigenvalue weighted by atomic mass is 10.3. The summed E-state index contributed by atoms with van der Waals surface area (Å²) in [6.07, 6.45) is 0. The van der Waals surface area contributed by atoms with E-state index >= 15 is 0 Å². The molecule has 0 aromatic heterocycles. The van der Waals surface area contributed by atoms with Gasteiger partial charge in [-0.3, -0.25) is 0 Å². The molecule has 0 aromatic rings. The molecular weight excluding hydrogens is 174 g/mol. The van der Waals surface area contributed by atoms with E-state index in [-0.39, 0.29) is 17.4 Å². The molecule has 0 saturated carbocycles. The normalized spacial score (nSPS) is 16.1. The van der Waals surface area contributed by atoms with Gasteiger partial charge < -0.3 is 20.9 Å². The highest BCUT2D eigenvalue weighted by Gasteiger charge is 2.19. The Bertz CT molecular complexity index is 326. The molecule has 0 aliphatic carbocycles. The summed E-state index contributed by atoms with van der Waals surface area (Å²) in [6.45, 7) is 2.02. The van der Waals surface area contributed by atoms with Gasteiger partial charge in [-0.15, -0.1) is 0 Å². The minimum atomic E-state index is -0.420. The molecule has 70 valence electrons. The second kappa shape index (κ2) is 3.64. The fourth-order valence-corrected chi connectivity index (χ4v) is 0.842. The molecule has 1 aliphatic rings. The van der Waals surface area contributed by atoms with Crippen LogP contribution >= 0.6 is 0 Å². The Labute approximate surface area is 74.4 Å². The maximum atomic E-state index is 10.4. The number of aliphatic hydroxyl groups is 1. The van der Waals surface area contributed by atoms with Gasteiger partial charge in [-0.25, -0.2) is 4.79 Å². The van der Waals surface area contributed by atoms with E-state index in [2.05, 4.69) is 10.3 Å². The summed E-state index contributed by atoms with van der Waals surface area (Å²) >= 11 is 0. The van der Waals surface area contributed by atoms with Crippen LogP contribution in [0.1, 0.15) is 6.92 Å². The largest absolute Gasteiger partial charge is 0.490 e. The van der Waals surface area contributed by atoms with E-state index in [0.717, 1.165) is 0 Å². The molecule has 0 fully saturated rings. The highest BCUT2D eigenvalue weighted by molar-refractivity contribution is 5.85. The Morgan fingerprint density at radius 2 is 2.46 bits per heavy atom. The molecule has 0 atom stereocenters. The van der Waals surface area contributed by atoms with Crippen LogP contribution in [0.15, 0.2) is 22.3 Å². The molecule has 4 N–H and O–H groups in total. The van der Waals surface area contributed by atoms with E-state index in [1.807, 2.05) is 0 Å². The van der Waals surface area contributed by atoms with Crippen molar-refractivity contribution in [2.75, 3.05) is 6.61 Å². The van der Waals surface area contributed by atoms with Gasteiger partial charge >= 0.3 is 0 Å². The fraction of sp³-hybridized carbons (Fsp3) is 0.286. The van der Waals surface area contributed by atoms with Gasteiger partial charge in [0.1, 0.15) is 0 Å². The van der Waals surface area contributed by atoms with Crippen molar-refractivity contribution in [1.82, 2.24) is 5.32 Å². The number of nitrogens with zero attached hydrogens (tertiary/aromatic N) is 1. The van der Waals surface area contributed by atoms with E-state index in [4.69, 9.17) is 10.5 Å². The van der Waals surface area contributed by atoms with Crippen molar-refractivity contribution in [3.8, 4) is 0 Å². The van der Waals surface area contributed by atoms with Crippen molar-refractivity contribution >= 4 is 11.9 Å². The molecule has 0 amide bonds. The minimum absolute atomic E-state index is 0.0355. The summed E-state index contributed by atoms with van der Waals surface area (Å²) < 4.78 is 4.95. The lowest BCUT2D eigenvalue weighted by Crippen LogP contribution is -2.35. The molecule has 1 heterocycles. The maximum Gasteiger partial charge on any atom is 0.260 e. The van der Waals surface area contributed by atoms with E-state index in [1.165, 1.54) is 0 Å². The molecule has 1 rings (SSSR count). The van der Waals surface area contributed by atoms with Gasteiger partial charge in [0.05, 0.1) is 6.61 Å². The average molecular weight is 183 g/mol. The van der Waals surface area contributed by atoms with Crippen LogP contribution in [-0.4, -0.2) is 23.6 Å². The summed E-state index contributed by atoms with van der Waals surface area (Å²) in [4.78, 5) is 13.9. The predicted octanol–water partition coefficient (Wildman–Crippen LogP) is -0.617. The quantitative estimate of drug-likeness (QED) is 0.496. The van der Waals surface area contributed by atoms with Gasteiger partial charge in [0.25, 0.3) is 5.88 Å². The van der Waals surface area contributed by atoms with Crippen LogP contribution < -0.4 is 11.1 Å². The molecule has 0 unspecified atom stereocenters. The second-order valence-corrected chi connectivity index (χ2v) is 2.18. The third-order valence-electron chi connectivity index (χ3n) is 1.30. The number of carbonyl (C=O) groups excluding carboxylic acids is 1. The maximum absolute atomic E-state index is 10.4. The molecule has 0 spiro atoms. The molecule has 1 aliphatic heterocycles. The molecule has 6 heteroatoms. The topological polar surface area (TPSA) is 96.9 Å². The standard InChI is InChI=1S/C7H9N3O3/c1-2-13-5-4(3-11)9-7(8)10-6(5)12/h12H,2H2,1H3,(H3,8,9,10). The first kappa shape index (κ1) is 9.15. The second-order valence-electron chi connectivity index (χ2n) is 2.18. The Hall–Kier alpha value is -1.94. The number of hydrogen-bond donors (Lipinski definition) is 3. The highest BCUT2D eigenvalue weighted by Crippen LogP contribution is 2.14. The summed E-state index contributed by atoms with van der Waals surface area (Å²) in [5.74, 6) is 1.03. The number of ether oxygens (including phenoxy) is 1. The smallest absolute Gasteiger partial charge is 0.260 e. The zero-order chi connectivity index (χ0) is 9.84. The van der Waals surface area contributed by atoms with E-state index in [9.17, 15) is 9.90 Å². The minimum Gasteiger partial charge on any atom is -0.490 e. The van der Waals surface area contributed by atoms with Gasteiger partial charge in [-0.2, -0.15) is 4.99 Å². The Kier molecular flexibility index (Phi) is 2.56. The third-order valence-corrected chi connectivity index (χ3v) is 1.30. The number of aliphatic hydroxyl groups excluding tert-OH is 1. The van der Waals surface area contributed by atoms with Gasteiger partial charge in [0, 0.05) is 0 Å². The molecule has 0 saturated heterocycles. The van der Waals surface area contributed by atoms with Gasteiger partial charge in [-0.1, -0.05) is 0 Å². The fourth-order valence-electron chi connectivity index (χ4n) is 0.842. The highest BCUT2D eigenvalue weighted by atomic mass is 16.5. The summed E-state index contributed by atoms with van der Waals surface area (Å²) in [5, 5.41) is 11.6. The van der Waals surface area contributed by atoms with Crippen LogP contribution in [0.4, 0.5) is 0 Å². The predicted molar refractivity (Wildman–Crippen MR) is 45.2 cm³/mol. The summed E-state index contributed by atoms with van der Waals surface area (Å²) in [5.41, 5.74) is 5.19. The SMILES string of the molecule is CCOC1=C(O)N=C(N)NC1=C=O. The van der Waals surface area contributed by atoms with Crippen molar-refractivity contribution in [3.63, 3.8) is 0 Å². The summed E-state index contributed by atoms with van der Waals surface area (Å²) in [6, 6.07) is 0. The van der Waals surface area contributed by atoms with Crippen LogP contribution in [0, 0.1) is 0 Å². The lowest BCUT2D eigenvalue weighted by Gasteiger charge is -2.15. The third kappa shape index (κ3) is 1.80. The number of aliphatic imine (C=N–C) groups is 1. The van der Waals surface area contributed by atoms with Gasteiger partial charge in [0.2, 0.25) is 11.7 Å². The molecule has 0 bridgehead atoms. The number of guanidine groups is 1. The summed E-state index contributed by atoms with van der Waals surface area (Å²) in [7, 11) is 0. The van der Waals surface area contributed by atoms with Crippen molar-refractivity contribution in [3.05, 3.63) is 17.3 Å². The van der Waals surface area contributed by atoms with Crippen LogP contribution in [0.2, 0.25) is 0 Å².